The van der Waals surface area contributed by atoms with Crippen LogP contribution in [0.15, 0.2) is 22.3 Å². The molecule has 2 heterocycles. The van der Waals surface area contributed by atoms with Gasteiger partial charge < -0.3 is 19.3 Å². The Bertz CT molecular complexity index is 976. The normalized spacial score (nSPS) is 29.4. The first-order valence-electron chi connectivity index (χ1n) is 13.4. The molecule has 0 aromatic carbocycles. The van der Waals surface area contributed by atoms with Crippen LogP contribution in [0.2, 0.25) is 0 Å². The number of sulfonamides is 1. The molecule has 9 nitrogen and oxygen atoms in total. The summed E-state index contributed by atoms with van der Waals surface area (Å²) < 4.78 is 36.6. The Hall–Kier alpha value is -1.46. The summed E-state index contributed by atoms with van der Waals surface area (Å²) in [5.41, 5.74) is 0.147. The van der Waals surface area contributed by atoms with Gasteiger partial charge in [-0.25, -0.2) is 13.6 Å². The SMILES string of the molecule is COC1=CC(C)=C(S(N)(=O)=O)C(C)C1(CCOCC(=O)N1CCC(N2CCN(C)CC2)CC1)C1CC1. The lowest BCUT2D eigenvalue weighted by atomic mass is 9.65. The highest BCUT2D eigenvalue weighted by Gasteiger charge is 2.55. The van der Waals surface area contributed by atoms with Crippen molar-refractivity contribution in [3.05, 3.63) is 22.3 Å². The molecular formula is C26H44N4O5S. The first-order valence-corrected chi connectivity index (χ1v) is 14.9. The summed E-state index contributed by atoms with van der Waals surface area (Å²) in [5.74, 6) is 0.833. The van der Waals surface area contributed by atoms with E-state index in [-0.39, 0.29) is 23.3 Å². The molecule has 0 aromatic heterocycles. The molecule has 2 unspecified atom stereocenters. The molecule has 2 N–H and O–H groups in total. The zero-order valence-electron chi connectivity index (χ0n) is 22.4. The second kappa shape index (κ2) is 11.1. The number of rotatable bonds is 9. The lowest BCUT2D eigenvalue weighted by Crippen LogP contribution is -2.53. The van der Waals surface area contributed by atoms with Crippen molar-refractivity contribution in [1.29, 1.82) is 0 Å². The number of hydrogen-bond donors (Lipinski definition) is 1. The number of carbonyl (C=O) groups excluding carboxylic acids is 1. The van der Waals surface area contributed by atoms with Gasteiger partial charge in [0.15, 0.2) is 0 Å². The van der Waals surface area contributed by atoms with Gasteiger partial charge in [-0.15, -0.1) is 0 Å². The van der Waals surface area contributed by atoms with Crippen molar-refractivity contribution in [2.75, 3.05) is 66.6 Å². The fourth-order valence-corrected chi connectivity index (χ4v) is 7.98. The molecular weight excluding hydrogens is 480 g/mol. The van der Waals surface area contributed by atoms with E-state index in [4.69, 9.17) is 14.6 Å². The van der Waals surface area contributed by atoms with Crippen LogP contribution in [-0.4, -0.2) is 102 Å². The lowest BCUT2D eigenvalue weighted by molar-refractivity contribution is -0.138. The standard InChI is InChI=1S/C26H44N4O5S/c1-19-17-23(34-4)26(21-5-6-21,20(2)25(19)36(27,32)33)9-16-35-18-24(31)30-10-7-22(8-11-30)29-14-12-28(3)13-15-29/h17,20-22H,5-16,18H2,1-4H3,(H2,27,32,33). The number of primary sulfonamides is 1. The molecule has 0 radical (unpaired) electrons. The van der Waals surface area contributed by atoms with Crippen LogP contribution in [0.1, 0.15) is 46.0 Å². The van der Waals surface area contributed by atoms with E-state index in [1.807, 2.05) is 17.9 Å². The number of hydrogen-bond acceptors (Lipinski definition) is 7. The summed E-state index contributed by atoms with van der Waals surface area (Å²) in [6, 6.07) is 0.568. The van der Waals surface area contributed by atoms with Gasteiger partial charge in [0.2, 0.25) is 15.9 Å². The number of methoxy groups -OCH3 is 1. The van der Waals surface area contributed by atoms with Gasteiger partial charge in [-0.3, -0.25) is 9.69 Å². The maximum absolute atomic E-state index is 12.9. The molecule has 3 fully saturated rings. The number of likely N-dealkylation sites (tertiary alicyclic amines) is 1. The Kier molecular flexibility index (Phi) is 8.51. The molecule has 2 aliphatic heterocycles. The predicted molar refractivity (Wildman–Crippen MR) is 139 cm³/mol. The minimum Gasteiger partial charge on any atom is -0.500 e. The number of allylic oxidation sites excluding steroid dienone is 4. The first kappa shape index (κ1) is 27.6. The number of amides is 1. The quantitative estimate of drug-likeness (QED) is 0.458. The fourth-order valence-electron chi connectivity index (χ4n) is 6.77. The molecule has 10 heteroatoms. The van der Waals surface area contributed by atoms with Crippen molar-refractivity contribution < 1.29 is 22.7 Å². The van der Waals surface area contributed by atoms with Crippen LogP contribution >= 0.6 is 0 Å². The van der Waals surface area contributed by atoms with Gasteiger partial charge in [0, 0.05) is 63.3 Å². The molecule has 4 rings (SSSR count). The number of ether oxygens (including phenoxy) is 2. The van der Waals surface area contributed by atoms with Gasteiger partial charge in [0.05, 0.1) is 12.0 Å². The molecule has 0 spiro atoms. The van der Waals surface area contributed by atoms with Gasteiger partial charge in [0.1, 0.15) is 12.4 Å². The number of nitrogens with two attached hydrogens (primary N) is 1. The number of nitrogens with zero attached hydrogens (tertiary/aromatic N) is 3. The van der Waals surface area contributed by atoms with E-state index in [1.54, 1.807) is 14.0 Å². The van der Waals surface area contributed by atoms with Crippen LogP contribution in [0.3, 0.4) is 0 Å². The van der Waals surface area contributed by atoms with E-state index in [0.29, 0.717) is 30.6 Å². The van der Waals surface area contributed by atoms with Crippen LogP contribution < -0.4 is 5.14 Å². The smallest absolute Gasteiger partial charge is 0.248 e. The Morgan fingerprint density at radius 2 is 1.75 bits per heavy atom. The van der Waals surface area contributed by atoms with Crippen molar-refractivity contribution in [3.63, 3.8) is 0 Å². The Morgan fingerprint density at radius 1 is 1.11 bits per heavy atom. The molecule has 2 atom stereocenters. The van der Waals surface area contributed by atoms with Crippen LogP contribution in [-0.2, 0) is 24.3 Å². The highest BCUT2D eigenvalue weighted by atomic mass is 32.2. The van der Waals surface area contributed by atoms with Gasteiger partial charge in [-0.05, 0) is 63.6 Å². The summed E-state index contributed by atoms with van der Waals surface area (Å²) in [6.07, 6.45) is 6.48. The van der Waals surface area contributed by atoms with Crippen molar-refractivity contribution in [2.24, 2.45) is 22.4 Å². The highest BCUT2D eigenvalue weighted by molar-refractivity contribution is 7.93. The van der Waals surface area contributed by atoms with E-state index < -0.39 is 15.4 Å². The minimum atomic E-state index is -3.83. The van der Waals surface area contributed by atoms with Crippen molar-refractivity contribution in [1.82, 2.24) is 14.7 Å². The molecule has 2 saturated heterocycles. The largest absolute Gasteiger partial charge is 0.500 e. The predicted octanol–water partition coefficient (Wildman–Crippen LogP) is 1.77. The second-order valence-electron chi connectivity index (χ2n) is 11.1. The van der Waals surface area contributed by atoms with Crippen molar-refractivity contribution in [2.45, 2.75) is 52.0 Å². The molecule has 0 bridgehead atoms. The van der Waals surface area contributed by atoms with Crippen LogP contribution in [0.5, 0.6) is 0 Å². The van der Waals surface area contributed by atoms with Gasteiger partial charge in [0.25, 0.3) is 0 Å². The van der Waals surface area contributed by atoms with E-state index in [9.17, 15) is 13.2 Å². The summed E-state index contributed by atoms with van der Waals surface area (Å²) >= 11 is 0. The summed E-state index contributed by atoms with van der Waals surface area (Å²) in [5, 5.41) is 5.62. The van der Waals surface area contributed by atoms with Crippen molar-refractivity contribution >= 4 is 15.9 Å². The van der Waals surface area contributed by atoms with E-state index in [1.165, 1.54) is 0 Å². The fraction of sp³-hybridized carbons (Fsp3) is 0.808. The number of likely N-dealkylation sites (N-methyl/N-ethyl adjacent to an activating group) is 1. The number of carbonyl (C=O) groups is 1. The lowest BCUT2D eigenvalue weighted by Gasteiger charge is -2.44. The zero-order chi connectivity index (χ0) is 26.1. The van der Waals surface area contributed by atoms with Crippen LogP contribution in [0.25, 0.3) is 0 Å². The van der Waals surface area contributed by atoms with Crippen molar-refractivity contribution in [3.8, 4) is 0 Å². The maximum atomic E-state index is 12.9. The summed E-state index contributed by atoms with van der Waals surface area (Å²) in [6.45, 7) is 10.1. The molecule has 0 aromatic rings. The Morgan fingerprint density at radius 3 is 2.31 bits per heavy atom. The van der Waals surface area contributed by atoms with E-state index in [0.717, 1.165) is 70.7 Å². The van der Waals surface area contributed by atoms with Crippen LogP contribution in [0, 0.1) is 17.3 Å². The van der Waals surface area contributed by atoms with E-state index in [2.05, 4.69) is 16.8 Å². The maximum Gasteiger partial charge on any atom is 0.248 e. The minimum absolute atomic E-state index is 0.0347. The Labute approximate surface area is 216 Å². The molecule has 1 amide bonds. The number of piperidine rings is 1. The molecule has 1 saturated carbocycles. The van der Waals surface area contributed by atoms with Crippen LogP contribution in [0.4, 0.5) is 0 Å². The highest BCUT2D eigenvalue weighted by Crippen LogP contribution is 2.60. The molecule has 2 aliphatic carbocycles. The molecule has 36 heavy (non-hydrogen) atoms. The molecule has 4 aliphatic rings. The third-order valence-electron chi connectivity index (χ3n) is 8.95. The first-order chi connectivity index (χ1) is 17.1. The molecule has 204 valence electrons. The van der Waals surface area contributed by atoms with Gasteiger partial charge in [-0.2, -0.15) is 0 Å². The monoisotopic (exact) mass is 524 g/mol. The van der Waals surface area contributed by atoms with E-state index >= 15 is 0 Å². The van der Waals surface area contributed by atoms with Gasteiger partial charge in [-0.1, -0.05) is 6.92 Å². The Balaban J connectivity index is 1.30. The average Bonchev–Trinajstić information content (AvgIpc) is 3.68. The topological polar surface area (TPSA) is 105 Å². The summed E-state index contributed by atoms with van der Waals surface area (Å²) in [7, 11) is -0.0250. The third kappa shape index (κ3) is 5.67. The zero-order valence-corrected chi connectivity index (χ0v) is 23.2. The average molecular weight is 525 g/mol. The summed E-state index contributed by atoms with van der Waals surface area (Å²) in [4.78, 5) is 20.0. The number of piperazine rings is 1. The third-order valence-corrected chi connectivity index (χ3v) is 10.2. The van der Waals surface area contributed by atoms with Gasteiger partial charge >= 0.3 is 0 Å². The second-order valence-corrected chi connectivity index (χ2v) is 12.6.